The number of morpholine rings is 1. The number of para-hydroxylation sites is 2. The lowest BCUT2D eigenvalue weighted by atomic mass is 9.65. The third kappa shape index (κ3) is 7.55. The summed E-state index contributed by atoms with van der Waals surface area (Å²) in [6.07, 6.45) is -1.14. The Morgan fingerprint density at radius 3 is 2.26 bits per heavy atom. The first-order valence-corrected chi connectivity index (χ1v) is 21.7. The lowest BCUT2D eigenvalue weighted by molar-refractivity contribution is -0.178. The number of fused-ring (bicyclic) bond motifs is 4. The van der Waals surface area contributed by atoms with Gasteiger partial charge in [-0.05, 0) is 53.1 Å². The molecule has 328 valence electrons. The van der Waals surface area contributed by atoms with Crippen LogP contribution in [0, 0.1) is 23.7 Å². The predicted molar refractivity (Wildman–Crippen MR) is 239 cm³/mol. The second-order valence-electron chi connectivity index (χ2n) is 15.7. The molecule has 0 aliphatic carbocycles. The first-order chi connectivity index (χ1) is 31.7. The van der Waals surface area contributed by atoms with E-state index in [0.29, 0.717) is 39.2 Å². The fourth-order valence-corrected chi connectivity index (χ4v) is 10.4. The van der Waals surface area contributed by atoms with E-state index in [4.69, 9.17) is 23.9 Å². The highest BCUT2D eigenvalue weighted by Crippen LogP contribution is 2.65. The molecule has 3 aliphatic heterocycles. The van der Waals surface area contributed by atoms with Gasteiger partial charge in [0.2, 0.25) is 11.8 Å². The smallest absolute Gasteiger partial charge is 0.324 e. The van der Waals surface area contributed by atoms with Crippen molar-refractivity contribution in [2.75, 3.05) is 38.1 Å². The summed E-state index contributed by atoms with van der Waals surface area (Å²) in [6, 6.07) is 35.1. The van der Waals surface area contributed by atoms with E-state index in [1.54, 1.807) is 42.5 Å². The number of carbonyl (C=O) groups is 5. The molecule has 3 aliphatic rings. The van der Waals surface area contributed by atoms with Crippen LogP contribution < -0.4 is 15.4 Å². The maximum atomic E-state index is 15.6. The number of aromatic nitrogens is 1. The molecular weight excluding hydrogens is 849 g/mol. The van der Waals surface area contributed by atoms with Gasteiger partial charge in [0.25, 0.3) is 0 Å². The zero-order valence-corrected chi connectivity index (χ0v) is 36.0. The molecule has 1 aromatic heterocycles. The molecule has 15 heteroatoms. The number of hydrogen-bond donors (Lipinski definition) is 3. The van der Waals surface area contributed by atoms with Gasteiger partial charge in [0.1, 0.15) is 29.9 Å². The number of hydrogen-bond acceptors (Lipinski definition) is 13. The number of ether oxygens (including phenoxy) is 4. The molecule has 2 fully saturated rings. The topological polar surface area (TPSA) is 183 Å². The highest BCUT2D eigenvalue weighted by Gasteiger charge is 2.74. The van der Waals surface area contributed by atoms with Gasteiger partial charge in [-0.2, -0.15) is 0 Å². The zero-order chi connectivity index (χ0) is 45.2. The number of amides is 2. The Morgan fingerprint density at radius 1 is 0.877 bits per heavy atom. The lowest BCUT2D eigenvalue weighted by Gasteiger charge is -2.46. The summed E-state index contributed by atoms with van der Waals surface area (Å²) < 4.78 is 23.2. The van der Waals surface area contributed by atoms with E-state index in [-0.39, 0.29) is 24.8 Å². The Morgan fingerprint density at radius 2 is 1.55 bits per heavy atom. The van der Waals surface area contributed by atoms with Gasteiger partial charge in [-0.15, -0.1) is 0 Å². The molecule has 0 saturated carbocycles. The predicted octanol–water partition coefficient (Wildman–Crippen LogP) is 6.28. The number of aliphatic hydroxyl groups excluding tert-OH is 1. The van der Waals surface area contributed by atoms with Crippen molar-refractivity contribution >= 4 is 62.1 Å². The SMILES string of the molecule is COC(=O)C(CC#Cc1ccc2c(c1)[C@]1(C(=O)N2)[C@H](C(=O)Nc2nc3ccccc3s2)[C@H]2C(=O)O[C@H](c3ccccc3)[C@H](c3ccccc3)N2[C@@H]1c1ccccc1OCCO)C(=O)OC. The fourth-order valence-electron chi connectivity index (χ4n) is 9.55. The molecule has 9 rings (SSSR count). The molecule has 4 heterocycles. The number of cyclic esters (lactones) is 1. The maximum absolute atomic E-state index is 15.6. The van der Waals surface area contributed by atoms with Crippen LogP contribution in [0.3, 0.4) is 0 Å². The summed E-state index contributed by atoms with van der Waals surface area (Å²) in [5.41, 5.74) is 1.80. The summed E-state index contributed by atoms with van der Waals surface area (Å²) in [7, 11) is 2.33. The van der Waals surface area contributed by atoms with E-state index in [0.717, 1.165) is 24.5 Å². The largest absolute Gasteiger partial charge is 0.491 e. The molecular formula is C50H42N4O10S. The average Bonchev–Trinajstić information content (AvgIpc) is 3.99. The Bertz CT molecular complexity index is 2830. The molecule has 6 aromatic rings. The van der Waals surface area contributed by atoms with Crippen LogP contribution in [0.5, 0.6) is 5.75 Å². The number of esters is 3. The van der Waals surface area contributed by atoms with E-state index >= 15 is 14.4 Å². The van der Waals surface area contributed by atoms with Crippen LogP contribution in [0.4, 0.5) is 10.8 Å². The highest BCUT2D eigenvalue weighted by molar-refractivity contribution is 7.22. The van der Waals surface area contributed by atoms with Crippen molar-refractivity contribution in [2.24, 2.45) is 11.8 Å². The summed E-state index contributed by atoms with van der Waals surface area (Å²) in [5.74, 6) is -0.0695. The number of anilines is 2. The number of rotatable bonds is 11. The molecule has 65 heavy (non-hydrogen) atoms. The summed E-state index contributed by atoms with van der Waals surface area (Å²) >= 11 is 1.26. The minimum atomic E-state index is -1.91. The van der Waals surface area contributed by atoms with Crippen molar-refractivity contribution in [3.8, 4) is 17.6 Å². The van der Waals surface area contributed by atoms with Crippen LogP contribution in [0.25, 0.3) is 10.2 Å². The molecule has 0 unspecified atom stereocenters. The van der Waals surface area contributed by atoms with Crippen LogP contribution in [0.2, 0.25) is 0 Å². The van der Waals surface area contributed by atoms with Crippen LogP contribution >= 0.6 is 11.3 Å². The average molecular weight is 891 g/mol. The molecule has 5 aromatic carbocycles. The van der Waals surface area contributed by atoms with Gasteiger partial charge in [-0.25, -0.2) is 4.98 Å². The van der Waals surface area contributed by atoms with Crippen molar-refractivity contribution in [2.45, 2.75) is 36.1 Å². The second-order valence-corrected chi connectivity index (χ2v) is 16.7. The molecule has 2 saturated heterocycles. The molecule has 0 radical (unpaired) electrons. The Kier molecular flexibility index (Phi) is 11.9. The second kappa shape index (κ2) is 18.0. The molecule has 14 nitrogen and oxygen atoms in total. The zero-order valence-electron chi connectivity index (χ0n) is 35.1. The van der Waals surface area contributed by atoms with Crippen LogP contribution in [0.1, 0.15) is 52.4 Å². The highest BCUT2D eigenvalue weighted by atomic mass is 32.1. The molecule has 0 bridgehead atoms. The molecule has 1 spiro atoms. The Hall–Kier alpha value is -7.38. The van der Waals surface area contributed by atoms with Gasteiger partial charge < -0.3 is 34.7 Å². The monoisotopic (exact) mass is 890 g/mol. The number of nitrogens with one attached hydrogen (secondary N) is 2. The minimum absolute atomic E-state index is 0.0842. The van der Waals surface area contributed by atoms with Crippen LogP contribution in [-0.4, -0.2) is 78.2 Å². The van der Waals surface area contributed by atoms with Crippen molar-refractivity contribution in [1.82, 2.24) is 9.88 Å². The van der Waals surface area contributed by atoms with E-state index < -0.39 is 71.2 Å². The third-order valence-corrected chi connectivity index (χ3v) is 13.1. The van der Waals surface area contributed by atoms with Gasteiger partial charge in [0, 0.05) is 23.2 Å². The van der Waals surface area contributed by atoms with Gasteiger partial charge >= 0.3 is 17.9 Å². The van der Waals surface area contributed by atoms with Crippen LogP contribution in [0.15, 0.2) is 127 Å². The van der Waals surface area contributed by atoms with E-state index in [1.165, 1.54) is 11.3 Å². The first-order valence-electron chi connectivity index (χ1n) is 20.9. The number of thiazole rings is 1. The molecule has 3 N–H and O–H groups in total. The maximum Gasteiger partial charge on any atom is 0.324 e. The van der Waals surface area contributed by atoms with Gasteiger partial charge in [-0.3, -0.25) is 28.9 Å². The quantitative estimate of drug-likeness (QED) is 0.0574. The van der Waals surface area contributed by atoms with E-state index in [9.17, 15) is 14.7 Å². The molecule has 6 atom stereocenters. The fraction of sp³-hybridized carbons (Fsp3) is 0.240. The summed E-state index contributed by atoms with van der Waals surface area (Å²) in [6.45, 7) is -0.393. The van der Waals surface area contributed by atoms with Crippen molar-refractivity contribution in [3.63, 3.8) is 0 Å². The number of aliphatic hydroxyl groups is 1. The Balaban J connectivity index is 1.31. The first kappa shape index (κ1) is 42.9. The van der Waals surface area contributed by atoms with Gasteiger partial charge in [-0.1, -0.05) is 114 Å². The van der Waals surface area contributed by atoms with Gasteiger partial charge in [0.05, 0.1) is 49.0 Å². The number of carbonyl (C=O) groups excluding carboxylic acids is 5. The third-order valence-electron chi connectivity index (χ3n) is 12.2. The number of benzene rings is 5. The van der Waals surface area contributed by atoms with Crippen molar-refractivity contribution in [3.05, 3.63) is 155 Å². The standard InChI is InChI=1S/C50H42N4O10S/c1-61-45(57)33(46(58)62-2)20-13-14-29-24-25-35-34(28-29)50(48(60)51-35)39(44(56)53-49-52-36-21-10-12-23-38(36)65-49)41-47(59)64-42(31-17-7-4-8-18-31)40(30-15-5-3-6-16-30)54(41)43(50)32-19-9-11-22-37(32)63-27-26-55/h3-12,15-19,21-25,28,33,39-43,55H,20,26-27H2,1-2H3,(H,51,60)(H,52,53,56)/t39-,40-,41-,42+,43+,50-/m0/s1. The Labute approximate surface area is 377 Å². The number of nitrogens with zero attached hydrogens (tertiary/aromatic N) is 2. The van der Waals surface area contributed by atoms with Crippen molar-refractivity contribution in [1.29, 1.82) is 0 Å². The lowest BCUT2D eigenvalue weighted by Crippen LogP contribution is -2.53. The van der Waals surface area contributed by atoms with E-state index in [1.807, 2.05) is 89.8 Å². The normalized spacial score (nSPS) is 22.0. The van der Waals surface area contributed by atoms with Crippen molar-refractivity contribution < 1.29 is 48.0 Å². The molecule has 2 amide bonds. The minimum Gasteiger partial charge on any atom is -0.491 e. The number of methoxy groups -OCH3 is 2. The summed E-state index contributed by atoms with van der Waals surface area (Å²) in [5, 5.41) is 16.3. The van der Waals surface area contributed by atoms with Crippen LogP contribution in [-0.2, 0) is 43.6 Å². The summed E-state index contributed by atoms with van der Waals surface area (Å²) in [4.78, 5) is 78.1. The van der Waals surface area contributed by atoms with Gasteiger partial charge in [0.15, 0.2) is 11.0 Å². The van der Waals surface area contributed by atoms with E-state index in [2.05, 4.69) is 22.5 Å².